The summed E-state index contributed by atoms with van der Waals surface area (Å²) in [5.41, 5.74) is 5.37. The molecule has 0 fully saturated rings. The van der Waals surface area contributed by atoms with E-state index in [1.165, 1.54) is 0 Å². The molecule has 7 heteroatoms. The lowest BCUT2D eigenvalue weighted by atomic mass is 9.99. The van der Waals surface area contributed by atoms with Crippen molar-refractivity contribution in [3.05, 3.63) is 50.3 Å². The second-order valence-electron chi connectivity index (χ2n) is 7.37. The van der Waals surface area contributed by atoms with Crippen LogP contribution in [0.3, 0.4) is 0 Å². The summed E-state index contributed by atoms with van der Waals surface area (Å²) in [6.07, 6.45) is 0. The summed E-state index contributed by atoms with van der Waals surface area (Å²) in [7, 11) is 3.62. The summed E-state index contributed by atoms with van der Waals surface area (Å²) in [6.45, 7) is 5.49. The number of nitrogens with zero attached hydrogens (tertiary/aromatic N) is 4. The van der Waals surface area contributed by atoms with E-state index in [9.17, 15) is 10.1 Å². The molecule has 1 aliphatic rings. The summed E-state index contributed by atoms with van der Waals surface area (Å²) in [5, 5.41) is 9.42. The van der Waals surface area contributed by atoms with Gasteiger partial charge in [0.1, 0.15) is 18.4 Å². The number of aryl methyl sites for hydroxylation is 2. The molecule has 4 rings (SSSR count). The average Bonchev–Trinajstić information content (AvgIpc) is 2.90. The first-order valence-corrected chi connectivity index (χ1v) is 9.96. The molecule has 0 spiro atoms. The zero-order chi connectivity index (χ0) is 20.2. The maximum atomic E-state index is 12.5. The fourth-order valence-corrected chi connectivity index (χ4v) is 4.27. The summed E-state index contributed by atoms with van der Waals surface area (Å²) >= 11 is 3.43. The van der Waals surface area contributed by atoms with Gasteiger partial charge in [-0.1, -0.05) is 13.8 Å². The Morgan fingerprint density at radius 3 is 2.61 bits per heavy atom. The van der Waals surface area contributed by atoms with Gasteiger partial charge in [0.2, 0.25) is 0 Å². The molecule has 0 atom stereocenters. The molecule has 0 radical (unpaired) electrons. The van der Waals surface area contributed by atoms with Gasteiger partial charge in [-0.05, 0) is 51.7 Å². The van der Waals surface area contributed by atoms with Gasteiger partial charge >= 0.3 is 5.69 Å². The molecule has 1 aliphatic heterocycles. The van der Waals surface area contributed by atoms with E-state index >= 15 is 0 Å². The zero-order valence-electron chi connectivity index (χ0n) is 16.3. The molecular weight excluding hydrogens is 420 g/mol. The number of nitriles is 1. The summed E-state index contributed by atoms with van der Waals surface area (Å²) < 4.78 is 9.95. The number of halogens is 1. The van der Waals surface area contributed by atoms with Gasteiger partial charge in [-0.25, -0.2) is 4.79 Å². The van der Waals surface area contributed by atoms with Crippen LogP contribution in [0.5, 0.6) is 5.75 Å². The van der Waals surface area contributed by atoms with Gasteiger partial charge in [-0.15, -0.1) is 0 Å². The third kappa shape index (κ3) is 2.71. The van der Waals surface area contributed by atoms with E-state index in [0.717, 1.165) is 38.2 Å². The van der Waals surface area contributed by atoms with Crippen LogP contribution in [-0.2, 0) is 14.1 Å². The number of imidazole rings is 1. The van der Waals surface area contributed by atoms with Crippen molar-refractivity contribution in [1.29, 1.82) is 5.26 Å². The van der Waals surface area contributed by atoms with E-state index < -0.39 is 0 Å². The molecule has 1 aromatic heterocycles. The number of anilines is 2. The average molecular weight is 441 g/mol. The van der Waals surface area contributed by atoms with E-state index in [4.69, 9.17) is 4.74 Å². The molecular formula is C21H21BrN4O2. The molecule has 144 valence electrons. The number of hydrogen-bond acceptors (Lipinski definition) is 4. The summed E-state index contributed by atoms with van der Waals surface area (Å²) in [5.74, 6) is 1.00. The van der Waals surface area contributed by atoms with Gasteiger partial charge in [-0.2, -0.15) is 5.26 Å². The SMILES string of the molecule is CC(C)c1cc(N2CCOc3cc(Br)c(C#N)cc32)cc2c1n(C)c(=O)n2C. The number of ether oxygens (including phenoxy) is 1. The van der Waals surface area contributed by atoms with Crippen LogP contribution in [0, 0.1) is 11.3 Å². The highest BCUT2D eigenvalue weighted by Crippen LogP contribution is 2.41. The highest BCUT2D eigenvalue weighted by atomic mass is 79.9. The predicted octanol–water partition coefficient (Wildman–Crippen LogP) is 4.17. The van der Waals surface area contributed by atoms with Crippen molar-refractivity contribution in [1.82, 2.24) is 9.13 Å². The normalized spacial score (nSPS) is 13.5. The molecule has 0 N–H and O–H groups in total. The molecule has 2 heterocycles. The Morgan fingerprint density at radius 2 is 1.93 bits per heavy atom. The maximum absolute atomic E-state index is 12.5. The van der Waals surface area contributed by atoms with Crippen molar-refractivity contribution in [2.75, 3.05) is 18.1 Å². The molecule has 0 bridgehead atoms. The first-order valence-electron chi connectivity index (χ1n) is 9.16. The van der Waals surface area contributed by atoms with Crippen LogP contribution in [0.4, 0.5) is 11.4 Å². The van der Waals surface area contributed by atoms with Crippen LogP contribution < -0.4 is 15.3 Å². The number of benzene rings is 2. The molecule has 0 unspecified atom stereocenters. The van der Waals surface area contributed by atoms with Gasteiger partial charge in [0.15, 0.2) is 0 Å². The Balaban J connectivity index is 1.98. The quantitative estimate of drug-likeness (QED) is 0.599. The van der Waals surface area contributed by atoms with Crippen molar-refractivity contribution < 1.29 is 4.74 Å². The lowest BCUT2D eigenvalue weighted by Crippen LogP contribution is -2.29. The van der Waals surface area contributed by atoms with Crippen molar-refractivity contribution in [2.45, 2.75) is 19.8 Å². The smallest absolute Gasteiger partial charge is 0.328 e. The monoisotopic (exact) mass is 440 g/mol. The standard InChI is InChI=1S/C21H21BrN4O2/c1-12(2)15-8-14(9-18-20(15)25(4)21(27)24(18)3)26-5-6-28-19-10-16(22)13(11-23)7-17(19)26/h7-10,12H,5-6H2,1-4H3. The van der Waals surface area contributed by atoms with Crippen molar-refractivity contribution >= 4 is 38.3 Å². The van der Waals surface area contributed by atoms with Crippen LogP contribution in [0.25, 0.3) is 11.0 Å². The fourth-order valence-electron chi connectivity index (χ4n) is 3.86. The van der Waals surface area contributed by atoms with E-state index in [1.54, 1.807) is 16.2 Å². The Morgan fingerprint density at radius 1 is 1.18 bits per heavy atom. The van der Waals surface area contributed by atoms with Crippen molar-refractivity contribution in [3.8, 4) is 11.8 Å². The van der Waals surface area contributed by atoms with Gasteiger partial charge in [0, 0.05) is 24.3 Å². The third-order valence-electron chi connectivity index (χ3n) is 5.34. The molecule has 28 heavy (non-hydrogen) atoms. The molecule has 0 saturated heterocycles. The van der Waals surface area contributed by atoms with Crippen LogP contribution in [0.1, 0.15) is 30.9 Å². The largest absolute Gasteiger partial charge is 0.489 e. The minimum atomic E-state index is -0.0351. The Bertz CT molecular complexity index is 1200. The molecule has 0 aliphatic carbocycles. The fraction of sp³-hybridized carbons (Fsp3) is 0.333. The minimum absolute atomic E-state index is 0.0351. The maximum Gasteiger partial charge on any atom is 0.328 e. The highest BCUT2D eigenvalue weighted by molar-refractivity contribution is 9.10. The Kier molecular flexibility index (Phi) is 4.47. The molecule has 6 nitrogen and oxygen atoms in total. The molecule has 3 aromatic rings. The second-order valence-corrected chi connectivity index (χ2v) is 8.22. The first kappa shape index (κ1) is 18.6. The topological polar surface area (TPSA) is 63.2 Å². The number of rotatable bonds is 2. The van der Waals surface area contributed by atoms with E-state index in [-0.39, 0.29) is 11.6 Å². The summed E-state index contributed by atoms with van der Waals surface area (Å²) in [6, 6.07) is 10.1. The number of fused-ring (bicyclic) bond motifs is 2. The lowest BCUT2D eigenvalue weighted by Gasteiger charge is -2.32. The Hall–Kier alpha value is -2.72. The molecule has 0 saturated carbocycles. The summed E-state index contributed by atoms with van der Waals surface area (Å²) in [4.78, 5) is 14.7. The number of aromatic nitrogens is 2. The first-order chi connectivity index (χ1) is 13.3. The minimum Gasteiger partial charge on any atom is -0.489 e. The van der Waals surface area contributed by atoms with E-state index in [2.05, 4.69) is 46.8 Å². The van der Waals surface area contributed by atoms with Crippen LogP contribution >= 0.6 is 15.9 Å². The molecule has 0 amide bonds. The van der Waals surface area contributed by atoms with E-state index in [0.29, 0.717) is 18.7 Å². The van der Waals surface area contributed by atoms with Crippen molar-refractivity contribution in [2.24, 2.45) is 14.1 Å². The highest BCUT2D eigenvalue weighted by Gasteiger charge is 2.24. The number of hydrogen-bond donors (Lipinski definition) is 0. The lowest BCUT2D eigenvalue weighted by molar-refractivity contribution is 0.314. The van der Waals surface area contributed by atoms with Crippen LogP contribution in [0.2, 0.25) is 0 Å². The van der Waals surface area contributed by atoms with Crippen molar-refractivity contribution in [3.63, 3.8) is 0 Å². The predicted molar refractivity (Wildman–Crippen MR) is 114 cm³/mol. The van der Waals surface area contributed by atoms with Gasteiger partial charge in [-0.3, -0.25) is 9.13 Å². The molecule has 2 aromatic carbocycles. The third-order valence-corrected chi connectivity index (χ3v) is 6.00. The van der Waals surface area contributed by atoms with Crippen LogP contribution in [-0.4, -0.2) is 22.3 Å². The Labute approximate surface area is 171 Å². The second kappa shape index (κ2) is 6.71. The van der Waals surface area contributed by atoms with Gasteiger partial charge in [0.05, 0.1) is 28.8 Å². The van der Waals surface area contributed by atoms with Gasteiger partial charge in [0.25, 0.3) is 0 Å². The van der Waals surface area contributed by atoms with Gasteiger partial charge < -0.3 is 9.64 Å². The van der Waals surface area contributed by atoms with E-state index in [1.807, 2.05) is 25.2 Å². The zero-order valence-corrected chi connectivity index (χ0v) is 17.9. The van der Waals surface area contributed by atoms with Crippen LogP contribution in [0.15, 0.2) is 33.5 Å².